The average molecular weight is 301 g/mol. The smallest absolute Gasteiger partial charge is 0.366 e. The van der Waals surface area contributed by atoms with E-state index in [-0.39, 0.29) is 16.0 Å². The van der Waals surface area contributed by atoms with E-state index in [9.17, 15) is 18.0 Å². The van der Waals surface area contributed by atoms with Gasteiger partial charge in [-0.05, 0) is 30.4 Å². The van der Waals surface area contributed by atoms with Gasteiger partial charge in [0.1, 0.15) is 0 Å². The first kappa shape index (κ1) is 14.3. The molecular formula is C12H10F3N3OS. The van der Waals surface area contributed by atoms with Crippen LogP contribution in [0, 0.1) is 0 Å². The molecule has 1 aromatic heterocycles. The van der Waals surface area contributed by atoms with Crippen molar-refractivity contribution in [2.24, 2.45) is 0 Å². The molecule has 0 saturated heterocycles. The number of aromatic nitrogens is 1. The molecule has 0 amide bonds. The fourth-order valence-electron chi connectivity index (χ4n) is 1.76. The number of fused-ring (bicyclic) bond motifs is 1. The fraction of sp³-hybridized carbons (Fsp3) is 0.167. The highest BCUT2D eigenvalue weighted by atomic mass is 32.1. The van der Waals surface area contributed by atoms with Gasteiger partial charge in [-0.15, -0.1) is 0 Å². The van der Waals surface area contributed by atoms with Gasteiger partial charge in [0.05, 0.1) is 5.56 Å². The molecule has 0 spiro atoms. The van der Waals surface area contributed by atoms with Gasteiger partial charge in [-0.25, -0.2) is 0 Å². The number of aromatic amines is 1. The second-order valence-corrected chi connectivity index (χ2v) is 4.42. The van der Waals surface area contributed by atoms with Crippen molar-refractivity contribution in [1.82, 2.24) is 10.3 Å². The van der Waals surface area contributed by atoms with E-state index in [2.05, 4.69) is 15.6 Å². The summed E-state index contributed by atoms with van der Waals surface area (Å²) < 4.78 is 38.8. The van der Waals surface area contributed by atoms with Crippen LogP contribution in [0.5, 0.6) is 0 Å². The van der Waals surface area contributed by atoms with Crippen LogP contribution in [-0.4, -0.2) is 17.1 Å². The van der Waals surface area contributed by atoms with E-state index >= 15 is 0 Å². The van der Waals surface area contributed by atoms with Crippen molar-refractivity contribution >= 4 is 33.9 Å². The van der Waals surface area contributed by atoms with E-state index in [0.29, 0.717) is 11.8 Å². The Bertz CT molecular complexity index is 724. The molecular weight excluding hydrogens is 291 g/mol. The highest BCUT2D eigenvalue weighted by Gasteiger charge is 2.33. The number of H-pyrrole nitrogens is 1. The van der Waals surface area contributed by atoms with E-state index in [1.54, 1.807) is 7.05 Å². The molecule has 1 aromatic carbocycles. The number of halogens is 3. The maximum absolute atomic E-state index is 12.9. The summed E-state index contributed by atoms with van der Waals surface area (Å²) in [5.74, 6) is 0. The molecule has 3 N–H and O–H groups in total. The first-order valence-corrected chi connectivity index (χ1v) is 5.95. The minimum absolute atomic E-state index is 0.0963. The first-order valence-electron chi connectivity index (χ1n) is 5.54. The van der Waals surface area contributed by atoms with Crippen LogP contribution in [-0.2, 0) is 6.18 Å². The second kappa shape index (κ2) is 5.12. The highest BCUT2D eigenvalue weighted by Crippen LogP contribution is 2.34. The molecule has 0 radical (unpaired) electrons. The monoisotopic (exact) mass is 301 g/mol. The third-order valence-corrected chi connectivity index (χ3v) is 2.94. The van der Waals surface area contributed by atoms with Gasteiger partial charge < -0.3 is 15.6 Å². The summed E-state index contributed by atoms with van der Waals surface area (Å²) in [6.07, 6.45) is -4.60. The van der Waals surface area contributed by atoms with E-state index in [1.165, 1.54) is 18.2 Å². The van der Waals surface area contributed by atoms with Crippen LogP contribution < -0.4 is 16.2 Å². The van der Waals surface area contributed by atoms with Crippen LogP contribution in [0.25, 0.3) is 10.9 Å². The van der Waals surface area contributed by atoms with Gasteiger partial charge >= 0.3 is 6.18 Å². The second-order valence-electron chi connectivity index (χ2n) is 4.01. The van der Waals surface area contributed by atoms with E-state index < -0.39 is 17.3 Å². The van der Waals surface area contributed by atoms with E-state index in [1.807, 2.05) is 0 Å². The fourth-order valence-corrected chi connectivity index (χ4v) is 1.88. The minimum Gasteiger partial charge on any atom is -0.366 e. The Kier molecular flexibility index (Phi) is 3.67. The molecule has 0 bridgehead atoms. The molecule has 0 unspecified atom stereocenters. The van der Waals surface area contributed by atoms with Gasteiger partial charge in [0.25, 0.3) is 0 Å². The maximum atomic E-state index is 12.9. The number of thiocarbonyl (C=S) groups is 1. The predicted octanol–water partition coefficient (Wildman–Crippen LogP) is 2.46. The van der Waals surface area contributed by atoms with Crippen LogP contribution >= 0.6 is 12.2 Å². The van der Waals surface area contributed by atoms with Crippen molar-refractivity contribution < 1.29 is 13.2 Å². The van der Waals surface area contributed by atoms with Gasteiger partial charge in [0.2, 0.25) is 5.56 Å². The Morgan fingerprint density at radius 3 is 2.60 bits per heavy atom. The molecule has 0 aliphatic carbocycles. The Morgan fingerprint density at radius 2 is 2.00 bits per heavy atom. The Morgan fingerprint density at radius 1 is 1.30 bits per heavy atom. The van der Waals surface area contributed by atoms with Crippen molar-refractivity contribution in [2.45, 2.75) is 6.18 Å². The molecule has 0 aliphatic heterocycles. The van der Waals surface area contributed by atoms with E-state index in [0.717, 1.165) is 0 Å². The summed E-state index contributed by atoms with van der Waals surface area (Å²) in [4.78, 5) is 13.6. The number of benzene rings is 1. The molecule has 2 aromatic rings. The molecule has 0 aliphatic rings. The lowest BCUT2D eigenvalue weighted by atomic mass is 10.1. The predicted molar refractivity (Wildman–Crippen MR) is 74.9 cm³/mol. The average Bonchev–Trinajstić information content (AvgIpc) is 2.37. The normalized spacial score (nSPS) is 11.4. The molecule has 2 rings (SSSR count). The van der Waals surface area contributed by atoms with Gasteiger partial charge in [-0.3, -0.25) is 4.79 Å². The minimum atomic E-state index is -4.60. The zero-order chi connectivity index (χ0) is 14.9. The summed E-state index contributed by atoms with van der Waals surface area (Å²) in [7, 11) is 1.59. The summed E-state index contributed by atoms with van der Waals surface area (Å²) in [5.41, 5.74) is -1.26. The van der Waals surface area contributed by atoms with Gasteiger partial charge in [-0.1, -0.05) is 0 Å². The van der Waals surface area contributed by atoms with Crippen molar-refractivity contribution in [3.8, 4) is 0 Å². The number of hydrogen-bond acceptors (Lipinski definition) is 2. The van der Waals surface area contributed by atoms with Gasteiger partial charge in [0, 0.05) is 29.7 Å². The number of rotatable bonds is 1. The molecule has 20 heavy (non-hydrogen) atoms. The van der Waals surface area contributed by atoms with Crippen molar-refractivity contribution in [3.05, 3.63) is 40.2 Å². The largest absolute Gasteiger partial charge is 0.417 e. The highest BCUT2D eigenvalue weighted by molar-refractivity contribution is 7.80. The zero-order valence-electron chi connectivity index (χ0n) is 10.3. The lowest BCUT2D eigenvalue weighted by Gasteiger charge is -2.12. The Hall–Kier alpha value is -2.09. The molecule has 0 fully saturated rings. The Balaban J connectivity index is 2.63. The molecule has 106 valence electrons. The molecule has 8 heteroatoms. The third-order valence-electron chi connectivity index (χ3n) is 2.63. The first-order chi connectivity index (χ1) is 9.31. The topological polar surface area (TPSA) is 56.9 Å². The van der Waals surface area contributed by atoms with Crippen LogP contribution in [0.2, 0.25) is 0 Å². The molecule has 1 heterocycles. The summed E-state index contributed by atoms with van der Waals surface area (Å²) in [6.45, 7) is 0. The SMILES string of the molecule is CNC(=S)Nc1ccc2[nH]c(=O)cc(C(F)(F)F)c2c1. The lowest BCUT2D eigenvalue weighted by molar-refractivity contribution is -0.136. The van der Waals surface area contributed by atoms with Crippen LogP contribution in [0.1, 0.15) is 5.56 Å². The van der Waals surface area contributed by atoms with Crippen LogP contribution in [0.3, 0.4) is 0 Å². The standard InChI is InChI=1S/C12H10F3N3OS/c1-16-11(20)17-6-2-3-9-7(4-6)8(12(13,14)15)5-10(19)18-9/h2-5H,1H3,(H,18,19)(H2,16,17,20). The number of nitrogens with one attached hydrogen (secondary N) is 3. The van der Waals surface area contributed by atoms with E-state index in [4.69, 9.17) is 12.2 Å². The van der Waals surface area contributed by atoms with Crippen molar-refractivity contribution in [1.29, 1.82) is 0 Å². The van der Waals surface area contributed by atoms with Crippen LogP contribution in [0.4, 0.5) is 18.9 Å². The van der Waals surface area contributed by atoms with Gasteiger partial charge in [-0.2, -0.15) is 13.2 Å². The number of alkyl halides is 3. The zero-order valence-corrected chi connectivity index (χ0v) is 11.1. The maximum Gasteiger partial charge on any atom is 0.417 e. The number of anilines is 1. The number of pyridine rings is 1. The lowest BCUT2D eigenvalue weighted by Crippen LogP contribution is -2.24. The molecule has 0 saturated carbocycles. The summed E-state index contributed by atoms with van der Waals surface area (Å²) in [5, 5.41) is 5.58. The molecule has 0 atom stereocenters. The van der Waals surface area contributed by atoms with Crippen LogP contribution in [0.15, 0.2) is 29.1 Å². The number of hydrogen-bond donors (Lipinski definition) is 3. The third kappa shape index (κ3) is 2.90. The van der Waals surface area contributed by atoms with Crippen molar-refractivity contribution in [3.63, 3.8) is 0 Å². The van der Waals surface area contributed by atoms with Crippen molar-refractivity contribution in [2.75, 3.05) is 12.4 Å². The Labute approximate surface area is 117 Å². The molecule has 4 nitrogen and oxygen atoms in total. The quantitative estimate of drug-likeness (QED) is 0.708. The van der Waals surface area contributed by atoms with Gasteiger partial charge in [0.15, 0.2) is 5.11 Å². The summed E-state index contributed by atoms with van der Waals surface area (Å²) >= 11 is 4.88. The summed E-state index contributed by atoms with van der Waals surface area (Å²) in [6, 6.07) is 4.76.